The fourth-order valence-corrected chi connectivity index (χ4v) is 3.06. The molecule has 1 saturated heterocycles. The van der Waals surface area contributed by atoms with Crippen molar-refractivity contribution in [1.82, 2.24) is 5.32 Å². The average Bonchev–Trinajstić information content (AvgIpc) is 3.06. The number of carbonyl (C=O) groups is 1. The summed E-state index contributed by atoms with van der Waals surface area (Å²) in [6, 6.07) is 2.35. The molecule has 1 atom stereocenters. The van der Waals surface area contributed by atoms with Crippen LogP contribution in [0.4, 0.5) is 14.5 Å². The van der Waals surface area contributed by atoms with Crippen LogP contribution in [0.5, 0.6) is 0 Å². The van der Waals surface area contributed by atoms with Crippen LogP contribution in [0.15, 0.2) is 12.1 Å². The average molecular weight is 280 g/mol. The Balaban J connectivity index is 1.67. The van der Waals surface area contributed by atoms with Gasteiger partial charge in [0.2, 0.25) is 5.91 Å². The van der Waals surface area contributed by atoms with Gasteiger partial charge in [-0.25, -0.2) is 8.78 Å². The van der Waals surface area contributed by atoms with Gasteiger partial charge in [0.25, 0.3) is 0 Å². The van der Waals surface area contributed by atoms with E-state index in [4.69, 9.17) is 0 Å². The Morgan fingerprint density at radius 3 is 2.90 bits per heavy atom. The van der Waals surface area contributed by atoms with Crippen LogP contribution in [0, 0.1) is 17.6 Å². The molecular formula is C15H18F2N2O. The predicted octanol–water partition coefficient (Wildman–Crippen LogP) is 2.24. The summed E-state index contributed by atoms with van der Waals surface area (Å²) in [7, 11) is 0. The van der Waals surface area contributed by atoms with Gasteiger partial charge < -0.3 is 10.2 Å². The standard InChI is InChI=1S/C15H18F2N2O/c16-12-7-11-4-6-19(14(11)8-13(12)17)15(20)2-1-10-3-5-18-9-10/h7-8,10,18H,1-6,9H2. The molecule has 3 nitrogen and oxygen atoms in total. The zero-order valence-electron chi connectivity index (χ0n) is 11.3. The van der Waals surface area contributed by atoms with Gasteiger partial charge in [-0.2, -0.15) is 0 Å². The molecule has 20 heavy (non-hydrogen) atoms. The van der Waals surface area contributed by atoms with Crippen LogP contribution in [0.1, 0.15) is 24.8 Å². The van der Waals surface area contributed by atoms with Gasteiger partial charge in [0.15, 0.2) is 11.6 Å². The summed E-state index contributed by atoms with van der Waals surface area (Å²) >= 11 is 0. The Labute approximate surface area is 117 Å². The van der Waals surface area contributed by atoms with E-state index >= 15 is 0 Å². The number of halogens is 2. The summed E-state index contributed by atoms with van der Waals surface area (Å²) < 4.78 is 26.5. The quantitative estimate of drug-likeness (QED) is 0.921. The van der Waals surface area contributed by atoms with Crippen LogP contribution in [-0.4, -0.2) is 25.5 Å². The molecule has 0 aromatic heterocycles. The van der Waals surface area contributed by atoms with Crippen molar-refractivity contribution in [3.05, 3.63) is 29.3 Å². The first-order chi connectivity index (χ1) is 9.65. The minimum atomic E-state index is -0.886. The molecule has 0 aliphatic carbocycles. The van der Waals surface area contributed by atoms with Gasteiger partial charge in [-0.05, 0) is 49.9 Å². The fraction of sp³-hybridized carbons (Fsp3) is 0.533. The number of hydrogen-bond donors (Lipinski definition) is 1. The van der Waals surface area contributed by atoms with E-state index in [1.807, 2.05) is 0 Å². The molecule has 2 aliphatic rings. The van der Waals surface area contributed by atoms with Crippen LogP contribution < -0.4 is 10.2 Å². The lowest BCUT2D eigenvalue weighted by molar-refractivity contribution is -0.118. The second-order valence-corrected chi connectivity index (χ2v) is 5.59. The molecule has 3 rings (SSSR count). The summed E-state index contributed by atoms with van der Waals surface area (Å²) in [5, 5.41) is 3.28. The maximum absolute atomic E-state index is 13.3. The summed E-state index contributed by atoms with van der Waals surface area (Å²) in [4.78, 5) is 13.8. The van der Waals surface area contributed by atoms with Crippen molar-refractivity contribution in [3.63, 3.8) is 0 Å². The third kappa shape index (κ3) is 2.54. The number of amides is 1. The topological polar surface area (TPSA) is 32.3 Å². The van der Waals surface area contributed by atoms with Crippen LogP contribution in [0.3, 0.4) is 0 Å². The predicted molar refractivity (Wildman–Crippen MR) is 72.6 cm³/mol. The number of hydrogen-bond acceptors (Lipinski definition) is 2. The van der Waals surface area contributed by atoms with Gasteiger partial charge in [-0.1, -0.05) is 0 Å². The number of nitrogens with one attached hydrogen (secondary N) is 1. The van der Waals surface area contributed by atoms with Crippen molar-refractivity contribution in [3.8, 4) is 0 Å². The molecule has 1 aromatic carbocycles. The molecule has 0 radical (unpaired) electrons. The molecule has 0 bridgehead atoms. The lowest BCUT2D eigenvalue weighted by atomic mass is 10.0. The molecule has 1 N–H and O–H groups in total. The van der Waals surface area contributed by atoms with E-state index in [9.17, 15) is 13.6 Å². The molecule has 108 valence electrons. The van der Waals surface area contributed by atoms with Crippen LogP contribution >= 0.6 is 0 Å². The monoisotopic (exact) mass is 280 g/mol. The third-order valence-corrected chi connectivity index (χ3v) is 4.25. The highest BCUT2D eigenvalue weighted by Gasteiger charge is 2.27. The molecule has 1 fully saturated rings. The van der Waals surface area contributed by atoms with E-state index in [1.165, 1.54) is 6.07 Å². The zero-order valence-corrected chi connectivity index (χ0v) is 11.3. The summed E-state index contributed by atoms with van der Waals surface area (Å²) in [6.07, 6.45) is 3.05. The van der Waals surface area contributed by atoms with Gasteiger partial charge in [0.1, 0.15) is 0 Å². The Morgan fingerprint density at radius 2 is 2.15 bits per heavy atom. The van der Waals surface area contributed by atoms with Gasteiger partial charge >= 0.3 is 0 Å². The molecule has 1 amide bonds. The summed E-state index contributed by atoms with van der Waals surface area (Å²) in [5.41, 5.74) is 1.26. The highest BCUT2D eigenvalue weighted by Crippen LogP contribution is 2.31. The van der Waals surface area contributed by atoms with Crippen molar-refractivity contribution in [1.29, 1.82) is 0 Å². The van der Waals surface area contributed by atoms with E-state index in [0.29, 0.717) is 31.0 Å². The van der Waals surface area contributed by atoms with Crippen LogP contribution in [-0.2, 0) is 11.2 Å². The largest absolute Gasteiger partial charge is 0.316 e. The highest BCUT2D eigenvalue weighted by atomic mass is 19.2. The second-order valence-electron chi connectivity index (χ2n) is 5.59. The molecule has 5 heteroatoms. The number of nitrogens with zero attached hydrogens (tertiary/aromatic N) is 1. The van der Waals surface area contributed by atoms with Crippen LogP contribution in [0.25, 0.3) is 0 Å². The van der Waals surface area contributed by atoms with Crippen molar-refractivity contribution in [2.75, 3.05) is 24.5 Å². The van der Waals surface area contributed by atoms with E-state index in [0.717, 1.165) is 37.6 Å². The normalized spacial score (nSPS) is 21.3. The smallest absolute Gasteiger partial charge is 0.227 e. The first kappa shape index (κ1) is 13.5. The van der Waals surface area contributed by atoms with E-state index in [1.54, 1.807) is 4.90 Å². The van der Waals surface area contributed by atoms with Crippen molar-refractivity contribution in [2.45, 2.75) is 25.7 Å². The van der Waals surface area contributed by atoms with Gasteiger partial charge in [-0.3, -0.25) is 4.79 Å². The molecule has 1 unspecified atom stereocenters. The number of fused-ring (bicyclic) bond motifs is 1. The highest BCUT2D eigenvalue weighted by molar-refractivity contribution is 5.95. The summed E-state index contributed by atoms with van der Waals surface area (Å²) in [5.74, 6) is -1.15. The molecule has 0 spiro atoms. The maximum atomic E-state index is 13.3. The van der Waals surface area contributed by atoms with Gasteiger partial charge in [0.05, 0.1) is 0 Å². The van der Waals surface area contributed by atoms with Crippen molar-refractivity contribution >= 4 is 11.6 Å². The third-order valence-electron chi connectivity index (χ3n) is 4.25. The van der Waals surface area contributed by atoms with Gasteiger partial charge in [0, 0.05) is 24.7 Å². The lowest BCUT2D eigenvalue weighted by Gasteiger charge is -2.18. The number of carbonyl (C=O) groups excluding carboxylic acids is 1. The maximum Gasteiger partial charge on any atom is 0.227 e. The number of benzene rings is 1. The molecular weight excluding hydrogens is 262 g/mol. The Kier molecular flexibility index (Phi) is 3.70. The zero-order chi connectivity index (χ0) is 14.1. The SMILES string of the molecule is O=C(CCC1CCNC1)N1CCc2cc(F)c(F)cc21. The molecule has 2 heterocycles. The van der Waals surface area contributed by atoms with E-state index in [2.05, 4.69) is 5.32 Å². The van der Waals surface area contributed by atoms with Gasteiger partial charge in [-0.15, -0.1) is 0 Å². The Bertz CT molecular complexity index is 527. The number of rotatable bonds is 3. The lowest BCUT2D eigenvalue weighted by Crippen LogP contribution is -2.29. The Morgan fingerprint density at radius 1 is 1.35 bits per heavy atom. The van der Waals surface area contributed by atoms with Crippen molar-refractivity contribution in [2.24, 2.45) is 5.92 Å². The first-order valence-electron chi connectivity index (χ1n) is 7.14. The molecule has 0 saturated carbocycles. The van der Waals surface area contributed by atoms with Crippen LogP contribution in [0.2, 0.25) is 0 Å². The number of anilines is 1. The first-order valence-corrected chi connectivity index (χ1v) is 7.14. The fourth-order valence-electron chi connectivity index (χ4n) is 3.06. The molecule has 1 aromatic rings. The van der Waals surface area contributed by atoms with E-state index < -0.39 is 11.6 Å². The molecule has 2 aliphatic heterocycles. The second kappa shape index (κ2) is 5.48. The minimum Gasteiger partial charge on any atom is -0.316 e. The Hall–Kier alpha value is -1.49. The van der Waals surface area contributed by atoms with E-state index in [-0.39, 0.29) is 5.91 Å². The van der Waals surface area contributed by atoms with Crippen molar-refractivity contribution < 1.29 is 13.6 Å². The minimum absolute atomic E-state index is 0.0154. The summed E-state index contributed by atoms with van der Waals surface area (Å²) in [6.45, 7) is 2.53.